The molecule has 0 aromatic heterocycles. The van der Waals surface area contributed by atoms with Gasteiger partial charge in [-0.25, -0.2) is 0 Å². The highest BCUT2D eigenvalue weighted by Gasteiger charge is 2.11. The number of carbonyl (C=O) groups is 2. The van der Waals surface area contributed by atoms with Crippen molar-refractivity contribution < 1.29 is 14.3 Å². The molecule has 90 valence electrons. The molecule has 15 heavy (non-hydrogen) atoms. The maximum absolute atomic E-state index is 10.3. The summed E-state index contributed by atoms with van der Waals surface area (Å²) in [5.41, 5.74) is -0.328. The summed E-state index contributed by atoms with van der Waals surface area (Å²) >= 11 is 0. The molecule has 0 atom stereocenters. The predicted octanol–water partition coefficient (Wildman–Crippen LogP) is 1.88. The van der Waals surface area contributed by atoms with Crippen molar-refractivity contribution in [3.63, 3.8) is 0 Å². The van der Waals surface area contributed by atoms with Crippen LogP contribution in [0.15, 0.2) is 0 Å². The summed E-state index contributed by atoms with van der Waals surface area (Å²) in [5.74, 6) is -0.0972. The third kappa shape index (κ3) is 19.4. The molecule has 0 aromatic rings. The van der Waals surface area contributed by atoms with E-state index in [2.05, 4.69) is 5.32 Å². The number of amides is 1. The van der Waals surface area contributed by atoms with Crippen molar-refractivity contribution >= 4 is 11.9 Å². The summed E-state index contributed by atoms with van der Waals surface area (Å²) in [4.78, 5) is 20.5. The van der Waals surface area contributed by atoms with Gasteiger partial charge in [0, 0.05) is 19.9 Å². The zero-order valence-corrected chi connectivity index (χ0v) is 10.6. The molecule has 0 saturated heterocycles. The lowest BCUT2D eigenvalue weighted by Crippen LogP contribution is -2.21. The number of ether oxygens (including phenoxy) is 1. The molecule has 0 unspecified atom stereocenters. The van der Waals surface area contributed by atoms with E-state index in [9.17, 15) is 9.59 Å². The highest BCUT2D eigenvalue weighted by atomic mass is 16.6. The number of esters is 1. The van der Waals surface area contributed by atoms with Crippen molar-refractivity contribution in [3.8, 4) is 0 Å². The lowest BCUT2D eigenvalue weighted by Gasteiger charge is -2.17. The minimum atomic E-state index is -0.328. The Balaban J connectivity index is 0. The molecule has 0 spiro atoms. The van der Waals surface area contributed by atoms with Crippen LogP contribution in [0.1, 0.15) is 48.0 Å². The first kappa shape index (κ1) is 16.4. The van der Waals surface area contributed by atoms with Crippen molar-refractivity contribution in [3.05, 3.63) is 0 Å². The lowest BCUT2D eigenvalue weighted by molar-refractivity contribution is -0.151. The van der Waals surface area contributed by atoms with Gasteiger partial charge in [0.15, 0.2) is 0 Å². The zero-order valence-electron chi connectivity index (χ0n) is 10.6. The molecular weight excluding hydrogens is 194 g/mol. The third-order valence-corrected chi connectivity index (χ3v) is 1.14. The van der Waals surface area contributed by atoms with Gasteiger partial charge in [-0.1, -0.05) is 6.92 Å². The maximum Gasteiger partial charge on any atom is 0.303 e. The summed E-state index contributed by atoms with van der Waals surface area (Å²) in [6.45, 7) is 11.4. The van der Waals surface area contributed by atoms with Gasteiger partial charge in [0.05, 0.1) is 0 Å². The first-order chi connectivity index (χ1) is 6.72. The molecule has 1 N–H and O–H groups in total. The second-order valence-corrected chi connectivity index (χ2v) is 4.01. The van der Waals surface area contributed by atoms with E-state index >= 15 is 0 Å². The smallest absolute Gasteiger partial charge is 0.303 e. The van der Waals surface area contributed by atoms with E-state index in [1.165, 1.54) is 6.92 Å². The Kier molecular flexibility index (Phi) is 9.02. The number of rotatable bonds is 2. The first-order valence-electron chi connectivity index (χ1n) is 5.19. The average Bonchev–Trinajstić information content (AvgIpc) is 2.01. The van der Waals surface area contributed by atoms with Gasteiger partial charge in [-0.2, -0.15) is 0 Å². The normalized spacial score (nSPS) is 9.73. The maximum atomic E-state index is 10.3. The summed E-state index contributed by atoms with van der Waals surface area (Å²) in [6, 6.07) is 0. The van der Waals surface area contributed by atoms with Crippen LogP contribution >= 0.6 is 0 Å². The standard InChI is InChI=1S/C6H12O2.C5H11NO/c1-5(7)8-6(2,3)4;1-3-5(7)6-4-2/h1-4H3;3-4H2,1-2H3,(H,6,7). The molecule has 0 radical (unpaired) electrons. The Hall–Kier alpha value is -1.06. The predicted molar refractivity (Wildman–Crippen MR) is 60.5 cm³/mol. The minimum absolute atomic E-state index is 0.127. The van der Waals surface area contributed by atoms with E-state index < -0.39 is 0 Å². The van der Waals surface area contributed by atoms with Gasteiger partial charge >= 0.3 is 5.97 Å². The van der Waals surface area contributed by atoms with Gasteiger partial charge < -0.3 is 10.1 Å². The molecule has 0 heterocycles. The summed E-state index contributed by atoms with van der Waals surface area (Å²) in [5, 5.41) is 2.66. The van der Waals surface area contributed by atoms with Crippen molar-refractivity contribution in [2.75, 3.05) is 6.54 Å². The Morgan fingerprint density at radius 1 is 1.20 bits per heavy atom. The fourth-order valence-corrected chi connectivity index (χ4v) is 0.753. The molecule has 4 nitrogen and oxygen atoms in total. The third-order valence-electron chi connectivity index (χ3n) is 1.14. The number of carbonyl (C=O) groups excluding carboxylic acids is 2. The van der Waals surface area contributed by atoms with E-state index in [1.54, 1.807) is 0 Å². The lowest BCUT2D eigenvalue weighted by atomic mass is 10.2. The SMILES string of the molecule is CC(=O)OC(C)(C)C.CCNC(=O)CC. The largest absolute Gasteiger partial charge is 0.460 e. The average molecular weight is 217 g/mol. The van der Waals surface area contributed by atoms with Gasteiger partial charge in [-0.3, -0.25) is 9.59 Å². The number of hydrogen-bond donors (Lipinski definition) is 1. The van der Waals surface area contributed by atoms with Gasteiger partial charge in [0.1, 0.15) is 5.60 Å². The first-order valence-corrected chi connectivity index (χ1v) is 5.19. The molecule has 0 bridgehead atoms. The second-order valence-electron chi connectivity index (χ2n) is 4.01. The molecule has 0 aliphatic carbocycles. The molecule has 0 aliphatic heterocycles. The van der Waals surface area contributed by atoms with E-state index in [0.717, 1.165) is 6.54 Å². The van der Waals surface area contributed by atoms with Crippen LogP contribution in [0.4, 0.5) is 0 Å². The van der Waals surface area contributed by atoms with Crippen LogP contribution in [0.25, 0.3) is 0 Å². The Bertz CT molecular complexity index is 194. The van der Waals surface area contributed by atoms with Crippen LogP contribution in [-0.4, -0.2) is 24.0 Å². The Morgan fingerprint density at radius 2 is 1.67 bits per heavy atom. The van der Waals surface area contributed by atoms with E-state index in [4.69, 9.17) is 4.74 Å². The minimum Gasteiger partial charge on any atom is -0.460 e. The molecule has 0 aromatic carbocycles. The number of hydrogen-bond acceptors (Lipinski definition) is 3. The van der Waals surface area contributed by atoms with Crippen molar-refractivity contribution in [2.24, 2.45) is 0 Å². The van der Waals surface area contributed by atoms with E-state index in [1.807, 2.05) is 34.6 Å². The molecular formula is C11H23NO3. The van der Waals surface area contributed by atoms with Crippen molar-refractivity contribution in [1.82, 2.24) is 5.32 Å². The van der Waals surface area contributed by atoms with Crippen molar-refractivity contribution in [1.29, 1.82) is 0 Å². The van der Waals surface area contributed by atoms with Crippen LogP contribution in [0, 0.1) is 0 Å². The van der Waals surface area contributed by atoms with E-state index in [-0.39, 0.29) is 17.5 Å². The van der Waals surface area contributed by atoms with Crippen LogP contribution in [0.5, 0.6) is 0 Å². The Morgan fingerprint density at radius 3 is 1.73 bits per heavy atom. The molecule has 0 fully saturated rings. The highest BCUT2D eigenvalue weighted by molar-refractivity contribution is 5.75. The summed E-state index contributed by atoms with van der Waals surface area (Å²) < 4.78 is 4.80. The number of nitrogens with one attached hydrogen (secondary N) is 1. The topological polar surface area (TPSA) is 55.4 Å². The van der Waals surface area contributed by atoms with Crippen molar-refractivity contribution in [2.45, 2.75) is 53.6 Å². The second kappa shape index (κ2) is 8.26. The van der Waals surface area contributed by atoms with Gasteiger partial charge in [-0.15, -0.1) is 0 Å². The molecule has 4 heteroatoms. The van der Waals surface area contributed by atoms with Gasteiger partial charge in [0.25, 0.3) is 0 Å². The highest BCUT2D eigenvalue weighted by Crippen LogP contribution is 2.05. The van der Waals surface area contributed by atoms with E-state index in [0.29, 0.717) is 6.42 Å². The fraction of sp³-hybridized carbons (Fsp3) is 0.818. The van der Waals surface area contributed by atoms with Crippen LogP contribution in [-0.2, 0) is 14.3 Å². The molecule has 0 saturated carbocycles. The summed E-state index contributed by atoms with van der Waals surface area (Å²) in [6.07, 6.45) is 0.591. The monoisotopic (exact) mass is 217 g/mol. The molecule has 0 aliphatic rings. The van der Waals surface area contributed by atoms with Gasteiger partial charge in [0.2, 0.25) is 5.91 Å². The fourth-order valence-electron chi connectivity index (χ4n) is 0.753. The quantitative estimate of drug-likeness (QED) is 0.718. The van der Waals surface area contributed by atoms with Crippen LogP contribution in [0.3, 0.4) is 0 Å². The molecule has 1 amide bonds. The summed E-state index contributed by atoms with van der Waals surface area (Å²) in [7, 11) is 0. The zero-order chi connectivity index (χ0) is 12.5. The molecule has 0 rings (SSSR count). The van der Waals surface area contributed by atoms with Gasteiger partial charge in [-0.05, 0) is 27.7 Å². The Labute approximate surface area is 92.4 Å². The van der Waals surface area contributed by atoms with Crippen LogP contribution < -0.4 is 5.32 Å². The van der Waals surface area contributed by atoms with Crippen LogP contribution in [0.2, 0.25) is 0 Å².